The van der Waals surface area contributed by atoms with Crippen LogP contribution in [-0.2, 0) is 4.79 Å². The fourth-order valence-electron chi connectivity index (χ4n) is 3.31. The van der Waals surface area contributed by atoms with E-state index in [1.807, 2.05) is 26.8 Å². The third-order valence-corrected chi connectivity index (χ3v) is 4.45. The highest BCUT2D eigenvalue weighted by Crippen LogP contribution is 2.30. The quantitative estimate of drug-likeness (QED) is 0.890. The van der Waals surface area contributed by atoms with Crippen molar-refractivity contribution in [2.75, 3.05) is 6.54 Å². The lowest BCUT2D eigenvalue weighted by Crippen LogP contribution is -2.40. The smallest absolute Gasteiger partial charge is 0.223 e. The highest BCUT2D eigenvalue weighted by Gasteiger charge is 2.30. The van der Waals surface area contributed by atoms with E-state index in [-0.39, 0.29) is 17.9 Å². The number of carbonyl (C=O) groups is 1. The van der Waals surface area contributed by atoms with Gasteiger partial charge in [0, 0.05) is 11.5 Å². The molecule has 1 aliphatic carbocycles. The van der Waals surface area contributed by atoms with Crippen molar-refractivity contribution in [2.24, 2.45) is 17.6 Å². The molecule has 0 spiro atoms. The Labute approximate surface area is 121 Å². The van der Waals surface area contributed by atoms with E-state index in [0.717, 1.165) is 36.3 Å². The van der Waals surface area contributed by atoms with Crippen molar-refractivity contribution >= 4 is 5.91 Å². The van der Waals surface area contributed by atoms with Crippen LogP contribution in [0.3, 0.4) is 0 Å². The zero-order chi connectivity index (χ0) is 14.7. The SMILES string of the molecule is Cc1cc(C(C)NC(=O)C2CCCCC2CN)c(C)o1. The first-order chi connectivity index (χ1) is 9.52. The van der Waals surface area contributed by atoms with Crippen LogP contribution in [0, 0.1) is 25.7 Å². The second-order valence-corrected chi connectivity index (χ2v) is 5.99. The summed E-state index contributed by atoms with van der Waals surface area (Å²) in [6.07, 6.45) is 4.37. The predicted octanol–water partition coefficient (Wildman–Crippen LogP) is 2.84. The Balaban J connectivity index is 2.01. The van der Waals surface area contributed by atoms with E-state index < -0.39 is 0 Å². The van der Waals surface area contributed by atoms with Gasteiger partial charge in [0.2, 0.25) is 5.91 Å². The van der Waals surface area contributed by atoms with Gasteiger partial charge in [-0.2, -0.15) is 0 Å². The zero-order valence-electron chi connectivity index (χ0n) is 12.7. The third kappa shape index (κ3) is 3.23. The van der Waals surface area contributed by atoms with Gasteiger partial charge in [-0.1, -0.05) is 12.8 Å². The Bertz CT molecular complexity index is 467. The monoisotopic (exact) mass is 278 g/mol. The molecule has 1 saturated carbocycles. The topological polar surface area (TPSA) is 68.3 Å². The molecule has 0 aliphatic heterocycles. The Hall–Kier alpha value is -1.29. The predicted molar refractivity (Wildman–Crippen MR) is 79.2 cm³/mol. The largest absolute Gasteiger partial charge is 0.466 e. The molecule has 0 saturated heterocycles. The molecule has 1 aromatic heterocycles. The molecular formula is C16H26N2O2. The molecule has 1 amide bonds. The van der Waals surface area contributed by atoms with Crippen molar-refractivity contribution in [2.45, 2.75) is 52.5 Å². The van der Waals surface area contributed by atoms with E-state index in [9.17, 15) is 4.79 Å². The first kappa shape index (κ1) is 15.1. The van der Waals surface area contributed by atoms with E-state index in [2.05, 4.69) is 5.32 Å². The van der Waals surface area contributed by atoms with E-state index in [1.165, 1.54) is 6.42 Å². The van der Waals surface area contributed by atoms with Crippen molar-refractivity contribution in [3.63, 3.8) is 0 Å². The molecule has 1 aromatic rings. The lowest BCUT2D eigenvalue weighted by atomic mass is 9.78. The van der Waals surface area contributed by atoms with Gasteiger partial charge in [-0.3, -0.25) is 4.79 Å². The molecule has 1 fully saturated rings. The summed E-state index contributed by atoms with van der Waals surface area (Å²) in [7, 11) is 0. The molecule has 4 nitrogen and oxygen atoms in total. The maximum Gasteiger partial charge on any atom is 0.223 e. The van der Waals surface area contributed by atoms with Crippen LogP contribution in [0.25, 0.3) is 0 Å². The Morgan fingerprint density at radius 2 is 2.15 bits per heavy atom. The van der Waals surface area contributed by atoms with Crippen LogP contribution in [0.15, 0.2) is 10.5 Å². The second kappa shape index (κ2) is 6.44. The van der Waals surface area contributed by atoms with E-state index in [0.29, 0.717) is 12.5 Å². The van der Waals surface area contributed by atoms with Crippen molar-refractivity contribution in [1.82, 2.24) is 5.32 Å². The summed E-state index contributed by atoms with van der Waals surface area (Å²) in [4.78, 5) is 12.5. The maximum atomic E-state index is 12.5. The standard InChI is InChI=1S/C16H26N2O2/c1-10-8-15(12(3)20-10)11(2)18-16(19)14-7-5-4-6-13(14)9-17/h8,11,13-14H,4-7,9,17H2,1-3H3,(H,18,19). The zero-order valence-corrected chi connectivity index (χ0v) is 12.7. The fourth-order valence-corrected chi connectivity index (χ4v) is 3.31. The fraction of sp³-hybridized carbons (Fsp3) is 0.688. The van der Waals surface area contributed by atoms with Gasteiger partial charge in [-0.25, -0.2) is 0 Å². The van der Waals surface area contributed by atoms with Crippen molar-refractivity contribution < 1.29 is 9.21 Å². The number of carbonyl (C=O) groups excluding carboxylic acids is 1. The van der Waals surface area contributed by atoms with Crippen LogP contribution < -0.4 is 11.1 Å². The van der Waals surface area contributed by atoms with Gasteiger partial charge in [0.15, 0.2) is 0 Å². The number of rotatable bonds is 4. The lowest BCUT2D eigenvalue weighted by molar-refractivity contribution is -0.128. The number of furan rings is 1. The summed E-state index contributed by atoms with van der Waals surface area (Å²) in [6.45, 7) is 6.48. The van der Waals surface area contributed by atoms with Crippen LogP contribution >= 0.6 is 0 Å². The summed E-state index contributed by atoms with van der Waals surface area (Å²) in [5.74, 6) is 2.32. The highest BCUT2D eigenvalue weighted by atomic mass is 16.3. The molecule has 0 bridgehead atoms. The Kier molecular flexibility index (Phi) is 4.86. The minimum atomic E-state index is -0.0136. The number of aryl methyl sites for hydroxylation is 2. The lowest BCUT2D eigenvalue weighted by Gasteiger charge is -2.30. The molecule has 0 aromatic carbocycles. The van der Waals surface area contributed by atoms with E-state index in [4.69, 9.17) is 10.2 Å². The van der Waals surface area contributed by atoms with Crippen LogP contribution in [0.5, 0.6) is 0 Å². The van der Waals surface area contributed by atoms with Gasteiger partial charge < -0.3 is 15.5 Å². The molecule has 1 aliphatic rings. The molecule has 20 heavy (non-hydrogen) atoms. The maximum absolute atomic E-state index is 12.5. The van der Waals surface area contributed by atoms with Crippen LogP contribution in [0.4, 0.5) is 0 Å². The van der Waals surface area contributed by atoms with Gasteiger partial charge in [-0.05, 0) is 52.1 Å². The molecule has 3 N–H and O–H groups in total. The van der Waals surface area contributed by atoms with Crippen LogP contribution in [0.2, 0.25) is 0 Å². The molecule has 3 unspecified atom stereocenters. The molecular weight excluding hydrogens is 252 g/mol. The Morgan fingerprint density at radius 3 is 2.75 bits per heavy atom. The molecule has 112 valence electrons. The summed E-state index contributed by atoms with van der Waals surface area (Å²) in [5.41, 5.74) is 6.87. The first-order valence-electron chi connectivity index (χ1n) is 7.60. The summed E-state index contributed by atoms with van der Waals surface area (Å²) < 4.78 is 5.53. The minimum Gasteiger partial charge on any atom is -0.466 e. The number of hydrogen-bond donors (Lipinski definition) is 2. The van der Waals surface area contributed by atoms with Crippen molar-refractivity contribution in [3.8, 4) is 0 Å². The van der Waals surface area contributed by atoms with E-state index >= 15 is 0 Å². The highest BCUT2D eigenvalue weighted by molar-refractivity contribution is 5.79. The summed E-state index contributed by atoms with van der Waals surface area (Å²) in [5, 5.41) is 3.13. The van der Waals surface area contributed by atoms with Crippen molar-refractivity contribution in [3.05, 3.63) is 23.2 Å². The number of amides is 1. The second-order valence-electron chi connectivity index (χ2n) is 5.99. The molecule has 3 atom stereocenters. The van der Waals surface area contributed by atoms with Gasteiger partial charge in [0.1, 0.15) is 11.5 Å². The average molecular weight is 278 g/mol. The van der Waals surface area contributed by atoms with Gasteiger partial charge in [-0.15, -0.1) is 0 Å². The summed E-state index contributed by atoms with van der Waals surface area (Å²) in [6, 6.07) is 1.99. The van der Waals surface area contributed by atoms with E-state index in [1.54, 1.807) is 0 Å². The van der Waals surface area contributed by atoms with Gasteiger partial charge in [0.25, 0.3) is 0 Å². The average Bonchev–Trinajstić information content (AvgIpc) is 2.77. The summed E-state index contributed by atoms with van der Waals surface area (Å²) >= 11 is 0. The van der Waals surface area contributed by atoms with Gasteiger partial charge >= 0.3 is 0 Å². The number of nitrogens with one attached hydrogen (secondary N) is 1. The first-order valence-corrected chi connectivity index (χ1v) is 7.60. The molecule has 0 radical (unpaired) electrons. The molecule has 2 rings (SSSR count). The number of nitrogens with two attached hydrogens (primary N) is 1. The third-order valence-electron chi connectivity index (χ3n) is 4.45. The number of hydrogen-bond acceptors (Lipinski definition) is 3. The van der Waals surface area contributed by atoms with Crippen LogP contribution in [-0.4, -0.2) is 12.5 Å². The van der Waals surface area contributed by atoms with Crippen LogP contribution in [0.1, 0.15) is 55.7 Å². The Morgan fingerprint density at radius 1 is 1.45 bits per heavy atom. The van der Waals surface area contributed by atoms with Gasteiger partial charge in [0.05, 0.1) is 6.04 Å². The molecule has 1 heterocycles. The molecule has 4 heteroatoms. The normalized spacial score (nSPS) is 24.4. The minimum absolute atomic E-state index is 0.0136. The van der Waals surface area contributed by atoms with Crippen molar-refractivity contribution in [1.29, 1.82) is 0 Å².